The molecule has 1 aliphatic carbocycles. The Bertz CT molecular complexity index is 265. The number of esters is 2. The van der Waals surface area contributed by atoms with Gasteiger partial charge in [-0.3, -0.25) is 9.59 Å². The average Bonchev–Trinajstić information content (AvgIpc) is 2.74. The molecule has 0 aromatic rings. The Kier molecular flexibility index (Phi) is 2.21. The maximum atomic E-state index is 11.5. The molecule has 0 radical (unpaired) electrons. The van der Waals surface area contributed by atoms with Crippen molar-refractivity contribution in [2.45, 2.75) is 37.7 Å². The van der Waals surface area contributed by atoms with Gasteiger partial charge in [-0.1, -0.05) is 0 Å². The third kappa shape index (κ3) is 1.29. The first-order valence-corrected chi connectivity index (χ1v) is 4.98. The predicted molar refractivity (Wildman–Crippen MR) is 47.4 cm³/mol. The van der Waals surface area contributed by atoms with E-state index in [1.807, 2.05) is 0 Å². The van der Waals surface area contributed by atoms with Crippen molar-refractivity contribution in [3.8, 4) is 0 Å². The van der Waals surface area contributed by atoms with Gasteiger partial charge < -0.3 is 9.47 Å². The molecule has 0 amide bonds. The van der Waals surface area contributed by atoms with Crippen molar-refractivity contribution >= 4 is 11.9 Å². The first-order chi connectivity index (χ1) is 6.68. The summed E-state index contributed by atoms with van der Waals surface area (Å²) in [4.78, 5) is 22.7. The van der Waals surface area contributed by atoms with Crippen LogP contribution >= 0.6 is 0 Å². The Morgan fingerprint density at radius 3 is 2.71 bits per heavy atom. The molecule has 1 atom stereocenters. The minimum atomic E-state index is -0.524. The van der Waals surface area contributed by atoms with Crippen molar-refractivity contribution in [3.05, 3.63) is 0 Å². The van der Waals surface area contributed by atoms with Crippen LogP contribution in [0.1, 0.15) is 32.1 Å². The van der Waals surface area contributed by atoms with E-state index in [-0.39, 0.29) is 24.3 Å². The van der Waals surface area contributed by atoms with Gasteiger partial charge in [-0.2, -0.15) is 0 Å². The summed E-state index contributed by atoms with van der Waals surface area (Å²) in [6, 6.07) is 0. The Balaban J connectivity index is 2.21. The molecule has 0 N–H and O–H groups in total. The summed E-state index contributed by atoms with van der Waals surface area (Å²) in [5.74, 6) is -0.942. The van der Waals surface area contributed by atoms with E-state index in [1.54, 1.807) is 0 Å². The first-order valence-electron chi connectivity index (χ1n) is 4.98. The van der Waals surface area contributed by atoms with Gasteiger partial charge >= 0.3 is 11.9 Å². The number of hydrogen-bond donors (Lipinski definition) is 0. The molecule has 4 heteroatoms. The summed E-state index contributed by atoms with van der Waals surface area (Å²) in [5, 5.41) is 0. The number of carbonyl (C=O) groups excluding carboxylic acids is 2. The van der Waals surface area contributed by atoms with Crippen LogP contribution in [0.25, 0.3) is 0 Å². The molecule has 14 heavy (non-hydrogen) atoms. The molecule has 78 valence electrons. The quantitative estimate of drug-likeness (QED) is 0.590. The molecular weight excluding hydrogens is 184 g/mol. The molecule has 1 saturated carbocycles. The zero-order valence-electron chi connectivity index (χ0n) is 8.25. The lowest BCUT2D eigenvalue weighted by atomic mass is 9.86. The fraction of sp³-hybridized carbons (Fsp3) is 0.800. The highest BCUT2D eigenvalue weighted by Gasteiger charge is 2.54. The molecule has 2 aliphatic rings. The van der Waals surface area contributed by atoms with Crippen LogP contribution in [0.3, 0.4) is 0 Å². The standard InChI is InChI=1S/C10H14O4/c1-13-9(12)7-6-8(11)14-10(7)4-2-3-5-10/h7H,2-6H2,1H3. The summed E-state index contributed by atoms with van der Waals surface area (Å²) in [6.45, 7) is 0. The Hall–Kier alpha value is -1.06. The summed E-state index contributed by atoms with van der Waals surface area (Å²) in [7, 11) is 1.35. The van der Waals surface area contributed by atoms with Gasteiger partial charge in [0, 0.05) is 0 Å². The Labute approximate surface area is 82.6 Å². The molecule has 2 rings (SSSR count). The normalized spacial score (nSPS) is 29.2. The lowest BCUT2D eigenvalue weighted by molar-refractivity contribution is -0.155. The maximum absolute atomic E-state index is 11.5. The third-order valence-corrected chi connectivity index (χ3v) is 3.26. The SMILES string of the molecule is COC(=O)C1CC(=O)OC12CCCC2. The minimum Gasteiger partial charge on any atom is -0.469 e. The van der Waals surface area contributed by atoms with Crippen LogP contribution in [-0.2, 0) is 19.1 Å². The highest BCUT2D eigenvalue weighted by molar-refractivity contribution is 5.84. The van der Waals surface area contributed by atoms with Gasteiger partial charge in [0.25, 0.3) is 0 Å². The van der Waals surface area contributed by atoms with Crippen molar-refractivity contribution in [1.29, 1.82) is 0 Å². The molecule has 1 spiro atoms. The van der Waals surface area contributed by atoms with Crippen molar-refractivity contribution in [1.82, 2.24) is 0 Å². The van der Waals surface area contributed by atoms with Crippen LogP contribution in [0.5, 0.6) is 0 Å². The van der Waals surface area contributed by atoms with Crippen molar-refractivity contribution in [2.24, 2.45) is 5.92 Å². The molecule has 2 fully saturated rings. The number of methoxy groups -OCH3 is 1. The number of rotatable bonds is 1. The molecular formula is C10H14O4. The second-order valence-electron chi connectivity index (χ2n) is 4.03. The zero-order valence-corrected chi connectivity index (χ0v) is 8.25. The van der Waals surface area contributed by atoms with E-state index in [2.05, 4.69) is 0 Å². The van der Waals surface area contributed by atoms with E-state index >= 15 is 0 Å². The second kappa shape index (κ2) is 3.26. The molecule has 1 heterocycles. The summed E-state index contributed by atoms with van der Waals surface area (Å²) >= 11 is 0. The molecule has 0 aromatic heterocycles. The molecule has 4 nitrogen and oxygen atoms in total. The predicted octanol–water partition coefficient (Wildman–Crippen LogP) is 1.04. The van der Waals surface area contributed by atoms with Gasteiger partial charge in [0.2, 0.25) is 0 Å². The molecule has 1 aliphatic heterocycles. The fourth-order valence-electron chi connectivity index (χ4n) is 2.56. The van der Waals surface area contributed by atoms with Crippen molar-refractivity contribution in [2.75, 3.05) is 7.11 Å². The summed E-state index contributed by atoms with van der Waals surface area (Å²) < 4.78 is 10.0. The average molecular weight is 198 g/mol. The first kappa shape index (κ1) is 9.49. The molecule has 0 aromatic carbocycles. The van der Waals surface area contributed by atoms with E-state index in [1.165, 1.54) is 7.11 Å². The minimum absolute atomic E-state index is 0.187. The molecule has 1 saturated heterocycles. The smallest absolute Gasteiger partial charge is 0.313 e. The Morgan fingerprint density at radius 2 is 2.14 bits per heavy atom. The van der Waals surface area contributed by atoms with E-state index in [4.69, 9.17) is 9.47 Å². The van der Waals surface area contributed by atoms with E-state index < -0.39 is 5.60 Å². The van der Waals surface area contributed by atoms with Crippen LogP contribution in [0, 0.1) is 5.92 Å². The fourth-order valence-corrected chi connectivity index (χ4v) is 2.56. The van der Waals surface area contributed by atoms with Crippen LogP contribution in [0.4, 0.5) is 0 Å². The van der Waals surface area contributed by atoms with Crippen LogP contribution in [-0.4, -0.2) is 24.6 Å². The van der Waals surface area contributed by atoms with Crippen molar-refractivity contribution in [3.63, 3.8) is 0 Å². The Morgan fingerprint density at radius 1 is 1.50 bits per heavy atom. The van der Waals surface area contributed by atoms with Gasteiger partial charge in [0.15, 0.2) is 0 Å². The zero-order chi connectivity index (χ0) is 10.2. The second-order valence-corrected chi connectivity index (χ2v) is 4.03. The maximum Gasteiger partial charge on any atom is 0.313 e. The summed E-state index contributed by atoms with van der Waals surface area (Å²) in [6.07, 6.45) is 3.85. The van der Waals surface area contributed by atoms with E-state index in [0.717, 1.165) is 25.7 Å². The van der Waals surface area contributed by atoms with Gasteiger partial charge in [-0.15, -0.1) is 0 Å². The van der Waals surface area contributed by atoms with E-state index in [9.17, 15) is 9.59 Å². The number of hydrogen-bond acceptors (Lipinski definition) is 4. The largest absolute Gasteiger partial charge is 0.469 e. The third-order valence-electron chi connectivity index (χ3n) is 3.26. The molecule has 1 unspecified atom stereocenters. The van der Waals surface area contributed by atoms with Crippen LogP contribution in [0.2, 0.25) is 0 Å². The number of carbonyl (C=O) groups is 2. The van der Waals surface area contributed by atoms with Gasteiger partial charge in [-0.25, -0.2) is 0 Å². The van der Waals surface area contributed by atoms with Gasteiger partial charge in [-0.05, 0) is 25.7 Å². The highest BCUT2D eigenvalue weighted by Crippen LogP contribution is 2.45. The monoisotopic (exact) mass is 198 g/mol. The topological polar surface area (TPSA) is 52.6 Å². The van der Waals surface area contributed by atoms with Gasteiger partial charge in [0.1, 0.15) is 11.5 Å². The molecule has 0 bridgehead atoms. The van der Waals surface area contributed by atoms with E-state index in [0.29, 0.717) is 0 Å². The van der Waals surface area contributed by atoms with Crippen LogP contribution in [0.15, 0.2) is 0 Å². The summed E-state index contributed by atoms with van der Waals surface area (Å²) in [5.41, 5.74) is -0.524. The van der Waals surface area contributed by atoms with Gasteiger partial charge in [0.05, 0.1) is 13.5 Å². The lowest BCUT2D eigenvalue weighted by Gasteiger charge is -2.26. The van der Waals surface area contributed by atoms with Crippen LogP contribution < -0.4 is 0 Å². The van der Waals surface area contributed by atoms with Crippen molar-refractivity contribution < 1.29 is 19.1 Å². The highest BCUT2D eigenvalue weighted by atomic mass is 16.6. The number of ether oxygens (including phenoxy) is 2. The lowest BCUT2D eigenvalue weighted by Crippen LogP contribution is -2.37.